The molecule has 2 aromatic rings. The number of esters is 1. The van der Waals surface area contributed by atoms with E-state index in [9.17, 15) is 14.4 Å². The molecule has 10 nitrogen and oxygen atoms in total. The molecule has 0 aromatic carbocycles. The SMILES string of the molecule is CC[C@]1(C)NC(=O)N(CC(=O)OCc2nnc(-c3ccco3)o2)C1=O. The summed E-state index contributed by atoms with van der Waals surface area (Å²) in [7, 11) is 0. The summed E-state index contributed by atoms with van der Waals surface area (Å²) >= 11 is 0. The van der Waals surface area contributed by atoms with Crippen molar-refractivity contribution in [2.45, 2.75) is 32.4 Å². The minimum absolute atomic E-state index is 0.0651. The highest BCUT2D eigenvalue weighted by Crippen LogP contribution is 2.21. The smallest absolute Gasteiger partial charge is 0.326 e. The first-order valence-electron chi connectivity index (χ1n) is 7.59. The van der Waals surface area contributed by atoms with Crippen LogP contribution in [-0.2, 0) is 20.9 Å². The van der Waals surface area contributed by atoms with Crippen LogP contribution in [0.25, 0.3) is 11.7 Å². The maximum Gasteiger partial charge on any atom is 0.326 e. The summed E-state index contributed by atoms with van der Waals surface area (Å²) in [6, 6.07) is 2.69. The van der Waals surface area contributed by atoms with Gasteiger partial charge >= 0.3 is 12.0 Å². The van der Waals surface area contributed by atoms with E-state index in [1.807, 2.05) is 0 Å². The summed E-state index contributed by atoms with van der Waals surface area (Å²) in [5, 5.41) is 10.0. The van der Waals surface area contributed by atoms with Crippen LogP contribution in [0, 0.1) is 0 Å². The van der Waals surface area contributed by atoms with E-state index >= 15 is 0 Å². The van der Waals surface area contributed by atoms with Gasteiger partial charge in [0.25, 0.3) is 17.7 Å². The quantitative estimate of drug-likeness (QED) is 0.607. The number of ether oxygens (including phenoxy) is 1. The van der Waals surface area contributed by atoms with E-state index in [1.54, 1.807) is 26.0 Å². The highest BCUT2D eigenvalue weighted by Gasteiger charge is 2.47. The summed E-state index contributed by atoms with van der Waals surface area (Å²) in [6.07, 6.45) is 1.88. The molecule has 1 saturated heterocycles. The third-order valence-corrected chi connectivity index (χ3v) is 3.89. The number of aromatic nitrogens is 2. The fourth-order valence-corrected chi connectivity index (χ4v) is 2.26. The maximum absolute atomic E-state index is 12.2. The lowest BCUT2D eigenvalue weighted by atomic mass is 9.99. The molecular formula is C15H16N4O6. The van der Waals surface area contributed by atoms with Crippen LogP contribution in [0.15, 0.2) is 27.2 Å². The van der Waals surface area contributed by atoms with Crippen molar-refractivity contribution in [3.05, 3.63) is 24.3 Å². The fourth-order valence-electron chi connectivity index (χ4n) is 2.26. The Morgan fingerprint density at radius 2 is 2.20 bits per heavy atom. The molecule has 132 valence electrons. The second-order valence-electron chi connectivity index (χ2n) is 5.65. The monoisotopic (exact) mass is 348 g/mol. The Morgan fingerprint density at radius 1 is 1.40 bits per heavy atom. The Morgan fingerprint density at radius 3 is 2.84 bits per heavy atom. The van der Waals surface area contributed by atoms with Crippen LogP contribution in [0.3, 0.4) is 0 Å². The summed E-state index contributed by atoms with van der Waals surface area (Å²) in [5.41, 5.74) is -0.998. The number of hydrogen-bond donors (Lipinski definition) is 1. The number of carbonyl (C=O) groups excluding carboxylic acids is 3. The first-order chi connectivity index (χ1) is 11.9. The van der Waals surface area contributed by atoms with Gasteiger partial charge in [-0.1, -0.05) is 6.92 Å². The third-order valence-electron chi connectivity index (χ3n) is 3.89. The van der Waals surface area contributed by atoms with Gasteiger partial charge in [0.15, 0.2) is 12.4 Å². The van der Waals surface area contributed by atoms with Gasteiger partial charge in [-0.05, 0) is 25.5 Å². The number of nitrogens with zero attached hydrogens (tertiary/aromatic N) is 3. The molecule has 2 aromatic heterocycles. The number of hydrogen-bond acceptors (Lipinski definition) is 8. The Kier molecular flexibility index (Phi) is 4.26. The Balaban J connectivity index is 1.55. The van der Waals surface area contributed by atoms with Gasteiger partial charge in [-0.3, -0.25) is 14.5 Å². The van der Waals surface area contributed by atoms with Crippen molar-refractivity contribution < 1.29 is 28.0 Å². The average Bonchev–Trinajstić information content (AvgIpc) is 3.30. The number of carbonyl (C=O) groups is 3. The zero-order chi connectivity index (χ0) is 18.0. The molecule has 0 unspecified atom stereocenters. The first kappa shape index (κ1) is 16.7. The van der Waals surface area contributed by atoms with Crippen LogP contribution >= 0.6 is 0 Å². The van der Waals surface area contributed by atoms with Gasteiger partial charge in [-0.2, -0.15) is 0 Å². The van der Waals surface area contributed by atoms with Crippen LogP contribution in [0.4, 0.5) is 4.79 Å². The van der Waals surface area contributed by atoms with Crippen LogP contribution in [0.1, 0.15) is 26.2 Å². The molecule has 0 bridgehead atoms. The molecular weight excluding hydrogens is 332 g/mol. The van der Waals surface area contributed by atoms with E-state index in [-0.39, 0.29) is 18.4 Å². The van der Waals surface area contributed by atoms with Crippen molar-refractivity contribution in [1.29, 1.82) is 0 Å². The predicted molar refractivity (Wildman–Crippen MR) is 80.7 cm³/mol. The zero-order valence-electron chi connectivity index (χ0n) is 13.6. The van der Waals surface area contributed by atoms with Gasteiger partial charge in [0.2, 0.25) is 0 Å². The van der Waals surface area contributed by atoms with Crippen LogP contribution in [0.2, 0.25) is 0 Å². The first-order valence-corrected chi connectivity index (χ1v) is 7.59. The number of furan rings is 1. The molecule has 3 rings (SSSR count). The molecule has 0 saturated carbocycles. The van der Waals surface area contributed by atoms with E-state index < -0.39 is 30.0 Å². The Hall–Kier alpha value is -3.17. The van der Waals surface area contributed by atoms with E-state index in [1.165, 1.54) is 6.26 Å². The number of rotatable bonds is 6. The van der Waals surface area contributed by atoms with Gasteiger partial charge in [-0.15, -0.1) is 10.2 Å². The van der Waals surface area contributed by atoms with E-state index in [0.29, 0.717) is 12.2 Å². The molecule has 0 spiro atoms. The maximum atomic E-state index is 12.2. The summed E-state index contributed by atoms with van der Waals surface area (Å²) < 4.78 is 15.4. The van der Waals surface area contributed by atoms with Crippen molar-refractivity contribution in [1.82, 2.24) is 20.4 Å². The van der Waals surface area contributed by atoms with Crippen LogP contribution in [0.5, 0.6) is 0 Å². The number of urea groups is 1. The molecule has 0 radical (unpaired) electrons. The molecule has 1 N–H and O–H groups in total. The third kappa shape index (κ3) is 3.23. The minimum Gasteiger partial charge on any atom is -0.459 e. The lowest BCUT2D eigenvalue weighted by Gasteiger charge is -2.18. The van der Waals surface area contributed by atoms with Crippen molar-refractivity contribution in [2.75, 3.05) is 6.54 Å². The van der Waals surface area contributed by atoms with Crippen LogP contribution < -0.4 is 5.32 Å². The zero-order valence-corrected chi connectivity index (χ0v) is 13.6. The van der Waals surface area contributed by atoms with E-state index in [0.717, 1.165) is 4.90 Å². The molecule has 1 fully saturated rings. The second-order valence-corrected chi connectivity index (χ2v) is 5.65. The molecule has 3 amide bonds. The number of amides is 3. The molecule has 1 aliphatic rings. The van der Waals surface area contributed by atoms with E-state index in [2.05, 4.69) is 15.5 Å². The summed E-state index contributed by atoms with van der Waals surface area (Å²) in [5.74, 6) is -0.612. The van der Waals surface area contributed by atoms with E-state index in [4.69, 9.17) is 13.6 Å². The van der Waals surface area contributed by atoms with Gasteiger partial charge in [0.1, 0.15) is 12.1 Å². The molecule has 1 atom stereocenters. The largest absolute Gasteiger partial charge is 0.459 e. The van der Waals surface area contributed by atoms with Crippen molar-refractivity contribution in [3.8, 4) is 11.7 Å². The Bertz CT molecular complexity index is 799. The Labute approximate surface area is 142 Å². The summed E-state index contributed by atoms with van der Waals surface area (Å²) in [6.45, 7) is 2.61. The highest BCUT2D eigenvalue weighted by molar-refractivity contribution is 6.08. The van der Waals surface area contributed by atoms with Crippen LogP contribution in [-0.4, -0.2) is 45.1 Å². The predicted octanol–water partition coefficient (Wildman–Crippen LogP) is 1.09. The molecule has 10 heteroatoms. The number of imide groups is 1. The lowest BCUT2D eigenvalue weighted by Crippen LogP contribution is -2.43. The van der Waals surface area contributed by atoms with Gasteiger partial charge in [0.05, 0.1) is 6.26 Å². The van der Waals surface area contributed by atoms with Crippen molar-refractivity contribution in [2.24, 2.45) is 0 Å². The molecule has 3 heterocycles. The number of nitrogens with one attached hydrogen (secondary N) is 1. The molecule has 0 aliphatic carbocycles. The second kappa shape index (κ2) is 6.38. The molecule has 25 heavy (non-hydrogen) atoms. The lowest BCUT2D eigenvalue weighted by molar-refractivity contribution is -0.149. The van der Waals surface area contributed by atoms with Crippen molar-refractivity contribution in [3.63, 3.8) is 0 Å². The normalized spacial score (nSPS) is 20.0. The van der Waals surface area contributed by atoms with Gasteiger partial charge < -0.3 is 18.9 Å². The van der Waals surface area contributed by atoms with Gasteiger partial charge in [-0.25, -0.2) is 4.79 Å². The fraction of sp³-hybridized carbons (Fsp3) is 0.400. The highest BCUT2D eigenvalue weighted by atomic mass is 16.5. The van der Waals surface area contributed by atoms with Crippen molar-refractivity contribution >= 4 is 17.9 Å². The standard InChI is InChI=1S/C15H16N4O6/c1-3-15(2)13(21)19(14(22)16-15)7-11(20)24-8-10-17-18-12(25-10)9-5-4-6-23-9/h4-6H,3,7-8H2,1-2H3,(H,16,22)/t15-/m0/s1. The summed E-state index contributed by atoms with van der Waals surface area (Å²) in [4.78, 5) is 36.8. The van der Waals surface area contributed by atoms with Gasteiger partial charge in [0, 0.05) is 0 Å². The minimum atomic E-state index is -0.998. The average molecular weight is 348 g/mol. The molecule has 1 aliphatic heterocycles. The topological polar surface area (TPSA) is 128 Å².